The number of hydrogen-bond acceptors (Lipinski definition) is 2. The Balaban J connectivity index is 2.12. The topological polar surface area (TPSA) is 18.5 Å². The third kappa shape index (κ3) is 2.19. The van der Waals surface area contributed by atoms with Crippen molar-refractivity contribution < 1.29 is 9.47 Å². The highest BCUT2D eigenvalue weighted by Gasteiger charge is 2.12. The van der Waals surface area contributed by atoms with Crippen LogP contribution >= 0.6 is 0 Å². The molecule has 0 bridgehead atoms. The maximum absolute atomic E-state index is 5.87. The Morgan fingerprint density at radius 3 is 1.56 bits per heavy atom. The lowest BCUT2D eigenvalue weighted by Gasteiger charge is -2.17. The van der Waals surface area contributed by atoms with Crippen molar-refractivity contribution >= 4 is 0 Å². The molecule has 2 heteroatoms. The van der Waals surface area contributed by atoms with Gasteiger partial charge in [0.05, 0.1) is 13.2 Å². The molecule has 0 N–H and O–H groups in total. The molecule has 0 aromatic heterocycles. The largest absolute Gasteiger partial charge is 0.493 e. The normalized spacial score (nSPS) is 14.7. The molecule has 0 radical (unpaired) electrons. The summed E-state index contributed by atoms with van der Waals surface area (Å²) in [5.41, 5.74) is 2.21. The first-order valence-corrected chi connectivity index (χ1v) is 6.39. The highest BCUT2D eigenvalue weighted by Crippen LogP contribution is 2.36. The molecule has 0 saturated carbocycles. The number of fused-ring (bicyclic) bond motifs is 3. The fourth-order valence-electron chi connectivity index (χ4n) is 2.20. The van der Waals surface area contributed by atoms with Crippen molar-refractivity contribution in [3.63, 3.8) is 0 Å². The van der Waals surface area contributed by atoms with E-state index in [9.17, 15) is 0 Å². The van der Waals surface area contributed by atoms with Crippen LogP contribution in [0.15, 0.2) is 48.5 Å². The molecule has 1 aliphatic heterocycles. The summed E-state index contributed by atoms with van der Waals surface area (Å²) in [6.45, 7) is 1.51. The minimum Gasteiger partial charge on any atom is -0.493 e. The lowest BCUT2D eigenvalue weighted by atomic mass is 10.0. The Hall–Kier alpha value is -1.96. The first-order valence-electron chi connectivity index (χ1n) is 6.39. The Morgan fingerprint density at radius 1 is 0.611 bits per heavy atom. The fraction of sp³-hybridized carbons (Fsp3) is 0.250. The van der Waals surface area contributed by atoms with Crippen molar-refractivity contribution in [1.29, 1.82) is 0 Å². The average Bonchev–Trinajstić information content (AvgIpc) is 2.44. The van der Waals surface area contributed by atoms with Gasteiger partial charge in [-0.2, -0.15) is 0 Å². The second-order valence-corrected chi connectivity index (χ2v) is 4.40. The molecule has 0 aliphatic carbocycles. The van der Waals surface area contributed by atoms with E-state index in [0.717, 1.165) is 48.7 Å². The van der Waals surface area contributed by atoms with Gasteiger partial charge in [0.15, 0.2) is 0 Å². The molecule has 0 fully saturated rings. The minimum absolute atomic E-state index is 0.753. The van der Waals surface area contributed by atoms with E-state index in [4.69, 9.17) is 9.47 Å². The van der Waals surface area contributed by atoms with Gasteiger partial charge in [0.2, 0.25) is 0 Å². The molecule has 18 heavy (non-hydrogen) atoms. The van der Waals surface area contributed by atoms with Gasteiger partial charge in [-0.3, -0.25) is 0 Å². The third-order valence-corrected chi connectivity index (χ3v) is 3.12. The summed E-state index contributed by atoms with van der Waals surface area (Å²) in [6, 6.07) is 16.3. The van der Waals surface area contributed by atoms with Crippen LogP contribution in [-0.2, 0) is 0 Å². The molecule has 2 aromatic carbocycles. The highest BCUT2D eigenvalue weighted by molar-refractivity contribution is 5.75. The van der Waals surface area contributed by atoms with Gasteiger partial charge in [0.1, 0.15) is 11.5 Å². The molecular weight excluding hydrogens is 224 g/mol. The summed E-state index contributed by atoms with van der Waals surface area (Å²) in [6.07, 6.45) is 2.05. The maximum Gasteiger partial charge on any atom is 0.127 e. The zero-order valence-corrected chi connectivity index (χ0v) is 10.3. The van der Waals surface area contributed by atoms with Gasteiger partial charge in [0.25, 0.3) is 0 Å². The van der Waals surface area contributed by atoms with Gasteiger partial charge >= 0.3 is 0 Å². The molecule has 0 atom stereocenters. The van der Waals surface area contributed by atoms with Gasteiger partial charge < -0.3 is 9.47 Å². The molecule has 0 amide bonds. The van der Waals surface area contributed by atoms with Crippen molar-refractivity contribution in [2.45, 2.75) is 12.8 Å². The zero-order chi connectivity index (χ0) is 12.2. The number of para-hydroxylation sites is 2. The lowest BCUT2D eigenvalue weighted by Crippen LogP contribution is -2.06. The molecule has 0 spiro atoms. The van der Waals surface area contributed by atoms with Crippen molar-refractivity contribution in [2.75, 3.05) is 13.2 Å². The molecule has 0 unspecified atom stereocenters. The standard InChI is InChI=1S/C16H16O2/c1-3-9-15-13(7-1)14-8-2-4-10-16(14)18-12-6-5-11-17-15/h1-4,7-10H,5-6,11-12H2. The number of ether oxygens (including phenoxy) is 2. The van der Waals surface area contributed by atoms with E-state index in [1.165, 1.54) is 0 Å². The van der Waals surface area contributed by atoms with Crippen molar-refractivity contribution in [1.82, 2.24) is 0 Å². The third-order valence-electron chi connectivity index (χ3n) is 3.12. The van der Waals surface area contributed by atoms with E-state index in [-0.39, 0.29) is 0 Å². The van der Waals surface area contributed by atoms with Gasteiger partial charge in [0, 0.05) is 11.1 Å². The van der Waals surface area contributed by atoms with Gasteiger partial charge in [-0.05, 0) is 25.0 Å². The molecule has 1 aliphatic rings. The second-order valence-electron chi connectivity index (χ2n) is 4.40. The van der Waals surface area contributed by atoms with Crippen LogP contribution in [0.2, 0.25) is 0 Å². The predicted molar refractivity (Wildman–Crippen MR) is 72.1 cm³/mol. The summed E-state index contributed by atoms with van der Waals surface area (Å²) in [5.74, 6) is 1.88. The van der Waals surface area contributed by atoms with Crippen LogP contribution in [0.1, 0.15) is 12.8 Å². The van der Waals surface area contributed by atoms with Crippen LogP contribution < -0.4 is 9.47 Å². The van der Waals surface area contributed by atoms with Crippen LogP contribution in [0.3, 0.4) is 0 Å². The lowest BCUT2D eigenvalue weighted by molar-refractivity contribution is 0.264. The Morgan fingerprint density at radius 2 is 1.06 bits per heavy atom. The summed E-state index contributed by atoms with van der Waals surface area (Å²) in [7, 11) is 0. The summed E-state index contributed by atoms with van der Waals surface area (Å²) < 4.78 is 11.7. The smallest absolute Gasteiger partial charge is 0.127 e. The first kappa shape index (κ1) is 11.1. The van der Waals surface area contributed by atoms with E-state index < -0.39 is 0 Å². The minimum atomic E-state index is 0.753. The molecule has 92 valence electrons. The Labute approximate surface area is 107 Å². The average molecular weight is 240 g/mol. The monoisotopic (exact) mass is 240 g/mol. The van der Waals surface area contributed by atoms with Crippen LogP contribution in [-0.4, -0.2) is 13.2 Å². The van der Waals surface area contributed by atoms with E-state index in [0.29, 0.717) is 0 Å². The van der Waals surface area contributed by atoms with Crippen molar-refractivity contribution in [2.24, 2.45) is 0 Å². The summed E-state index contributed by atoms with van der Waals surface area (Å²) >= 11 is 0. The van der Waals surface area contributed by atoms with Crippen LogP contribution in [0.4, 0.5) is 0 Å². The number of benzene rings is 2. The molecule has 0 saturated heterocycles. The number of hydrogen-bond donors (Lipinski definition) is 0. The Kier molecular flexibility index (Phi) is 3.18. The molecule has 1 heterocycles. The van der Waals surface area contributed by atoms with Crippen LogP contribution in [0, 0.1) is 0 Å². The summed E-state index contributed by atoms with van der Waals surface area (Å²) in [4.78, 5) is 0. The van der Waals surface area contributed by atoms with Crippen molar-refractivity contribution in [3.05, 3.63) is 48.5 Å². The van der Waals surface area contributed by atoms with E-state index >= 15 is 0 Å². The number of rotatable bonds is 0. The highest BCUT2D eigenvalue weighted by atomic mass is 16.5. The summed E-state index contributed by atoms with van der Waals surface area (Å²) in [5, 5.41) is 0. The SMILES string of the molecule is c1ccc2c(c1)OCCCCOc1ccccc1-2. The molecular formula is C16H16O2. The van der Waals surface area contributed by atoms with Crippen LogP contribution in [0.25, 0.3) is 11.1 Å². The van der Waals surface area contributed by atoms with Gasteiger partial charge in [-0.15, -0.1) is 0 Å². The van der Waals surface area contributed by atoms with E-state index in [1.807, 2.05) is 36.4 Å². The first-order chi connectivity index (χ1) is 8.95. The van der Waals surface area contributed by atoms with Crippen molar-refractivity contribution in [3.8, 4) is 22.6 Å². The molecule has 2 nitrogen and oxygen atoms in total. The Bertz CT molecular complexity index is 485. The maximum atomic E-state index is 5.87. The van der Waals surface area contributed by atoms with Crippen LogP contribution in [0.5, 0.6) is 11.5 Å². The van der Waals surface area contributed by atoms with Gasteiger partial charge in [-0.1, -0.05) is 36.4 Å². The second kappa shape index (κ2) is 5.13. The fourth-order valence-corrected chi connectivity index (χ4v) is 2.20. The zero-order valence-electron chi connectivity index (χ0n) is 10.3. The van der Waals surface area contributed by atoms with E-state index in [1.54, 1.807) is 0 Å². The molecule has 2 aromatic rings. The molecule has 3 rings (SSSR count). The quantitative estimate of drug-likeness (QED) is 0.695. The predicted octanol–water partition coefficient (Wildman–Crippen LogP) is 3.91. The van der Waals surface area contributed by atoms with E-state index in [2.05, 4.69) is 12.1 Å². The van der Waals surface area contributed by atoms with Gasteiger partial charge in [-0.25, -0.2) is 0 Å².